The van der Waals surface area contributed by atoms with Crippen LogP contribution in [0.15, 0.2) is 6.07 Å². The number of carboxylic acid groups (broad SMARTS) is 1. The first-order valence-electron chi connectivity index (χ1n) is 6.20. The van der Waals surface area contributed by atoms with Crippen molar-refractivity contribution in [3.63, 3.8) is 0 Å². The quantitative estimate of drug-likeness (QED) is 0.821. The van der Waals surface area contributed by atoms with Crippen molar-refractivity contribution in [2.24, 2.45) is 5.41 Å². The summed E-state index contributed by atoms with van der Waals surface area (Å²) in [5.74, 6) is -0.00517. The zero-order chi connectivity index (χ0) is 14.6. The number of nitrogens with zero attached hydrogens (tertiary/aromatic N) is 2. The number of hydrogen-bond donors (Lipinski definition) is 2. The van der Waals surface area contributed by atoms with Gasteiger partial charge in [0.15, 0.2) is 0 Å². The Balaban J connectivity index is 2.79. The molecular formula is C13H21N3O3. The molecule has 0 radical (unpaired) electrons. The SMILES string of the molecule is Cc1cc(OC(C)C)nc(NCC(C)(C)C(=O)O)n1. The Hall–Kier alpha value is -1.85. The summed E-state index contributed by atoms with van der Waals surface area (Å²) >= 11 is 0. The number of anilines is 1. The molecule has 1 aromatic rings. The van der Waals surface area contributed by atoms with Crippen LogP contribution in [0.5, 0.6) is 5.88 Å². The van der Waals surface area contributed by atoms with E-state index in [4.69, 9.17) is 9.84 Å². The molecular weight excluding hydrogens is 246 g/mol. The number of nitrogens with one attached hydrogen (secondary N) is 1. The second-order valence-corrected chi connectivity index (χ2v) is 5.38. The minimum Gasteiger partial charge on any atom is -0.481 e. The second kappa shape index (κ2) is 5.86. The molecule has 0 aliphatic rings. The maximum absolute atomic E-state index is 11.0. The first-order valence-corrected chi connectivity index (χ1v) is 6.20. The van der Waals surface area contributed by atoms with Gasteiger partial charge < -0.3 is 15.2 Å². The maximum Gasteiger partial charge on any atom is 0.310 e. The lowest BCUT2D eigenvalue weighted by atomic mass is 9.94. The Kier molecular flexibility index (Phi) is 4.69. The van der Waals surface area contributed by atoms with Crippen molar-refractivity contribution in [2.75, 3.05) is 11.9 Å². The Labute approximate surface area is 113 Å². The predicted molar refractivity (Wildman–Crippen MR) is 72.4 cm³/mol. The molecule has 0 aromatic carbocycles. The Morgan fingerprint density at radius 2 is 2.11 bits per heavy atom. The van der Waals surface area contributed by atoms with Crippen LogP contribution >= 0.6 is 0 Å². The van der Waals surface area contributed by atoms with Crippen molar-refractivity contribution in [3.8, 4) is 5.88 Å². The summed E-state index contributed by atoms with van der Waals surface area (Å²) in [5.41, 5.74) is -0.118. The molecule has 19 heavy (non-hydrogen) atoms. The smallest absolute Gasteiger partial charge is 0.310 e. The molecule has 0 aliphatic heterocycles. The molecule has 106 valence electrons. The molecule has 0 amide bonds. The molecule has 1 heterocycles. The summed E-state index contributed by atoms with van der Waals surface area (Å²) in [4.78, 5) is 19.4. The van der Waals surface area contributed by atoms with Gasteiger partial charge in [-0.2, -0.15) is 4.98 Å². The highest BCUT2D eigenvalue weighted by molar-refractivity contribution is 5.74. The molecule has 6 nitrogen and oxygen atoms in total. The van der Waals surface area contributed by atoms with Crippen molar-refractivity contribution in [2.45, 2.75) is 40.7 Å². The monoisotopic (exact) mass is 267 g/mol. The van der Waals surface area contributed by atoms with Crippen LogP contribution in [-0.4, -0.2) is 33.7 Å². The molecule has 1 aromatic heterocycles. The van der Waals surface area contributed by atoms with E-state index >= 15 is 0 Å². The molecule has 0 saturated carbocycles. The van der Waals surface area contributed by atoms with Gasteiger partial charge in [0.1, 0.15) is 0 Å². The molecule has 2 N–H and O–H groups in total. The summed E-state index contributed by atoms with van der Waals surface area (Å²) in [6.07, 6.45) is 0.0256. The van der Waals surface area contributed by atoms with Crippen LogP contribution in [0.1, 0.15) is 33.4 Å². The number of aryl methyl sites for hydroxylation is 1. The largest absolute Gasteiger partial charge is 0.481 e. The van der Waals surface area contributed by atoms with E-state index in [9.17, 15) is 4.79 Å². The van der Waals surface area contributed by atoms with E-state index in [0.29, 0.717) is 11.8 Å². The molecule has 0 saturated heterocycles. The van der Waals surface area contributed by atoms with Gasteiger partial charge in [-0.25, -0.2) is 4.98 Å². The summed E-state index contributed by atoms with van der Waals surface area (Å²) < 4.78 is 5.51. The van der Waals surface area contributed by atoms with E-state index in [1.807, 2.05) is 20.8 Å². The second-order valence-electron chi connectivity index (χ2n) is 5.38. The van der Waals surface area contributed by atoms with Gasteiger partial charge in [0.25, 0.3) is 0 Å². The van der Waals surface area contributed by atoms with E-state index in [1.54, 1.807) is 19.9 Å². The standard InChI is InChI=1S/C13H21N3O3/c1-8(2)19-10-6-9(3)15-12(16-10)14-7-13(4,5)11(17)18/h6,8H,7H2,1-5H3,(H,17,18)(H,14,15,16). The van der Waals surface area contributed by atoms with Crippen LogP contribution in [0, 0.1) is 12.3 Å². The van der Waals surface area contributed by atoms with Crippen molar-refractivity contribution in [3.05, 3.63) is 11.8 Å². The van der Waals surface area contributed by atoms with E-state index in [0.717, 1.165) is 5.69 Å². The third-order valence-corrected chi connectivity index (χ3v) is 2.45. The average Bonchev–Trinajstić information content (AvgIpc) is 2.24. The van der Waals surface area contributed by atoms with Crippen molar-refractivity contribution in [1.82, 2.24) is 9.97 Å². The zero-order valence-corrected chi connectivity index (χ0v) is 12.0. The number of aromatic nitrogens is 2. The number of aliphatic carboxylic acids is 1. The molecule has 0 atom stereocenters. The topological polar surface area (TPSA) is 84.3 Å². The van der Waals surface area contributed by atoms with E-state index in [-0.39, 0.29) is 12.6 Å². The summed E-state index contributed by atoms with van der Waals surface area (Å²) in [6.45, 7) is 9.19. The fraction of sp³-hybridized carbons (Fsp3) is 0.615. The summed E-state index contributed by atoms with van der Waals surface area (Å²) in [6, 6.07) is 1.74. The van der Waals surface area contributed by atoms with Crippen LogP contribution in [0.3, 0.4) is 0 Å². The average molecular weight is 267 g/mol. The van der Waals surface area contributed by atoms with Gasteiger partial charge in [-0.1, -0.05) is 0 Å². The first-order chi connectivity index (χ1) is 8.70. The summed E-state index contributed by atoms with van der Waals surface area (Å²) in [7, 11) is 0. The highest BCUT2D eigenvalue weighted by Gasteiger charge is 2.27. The molecule has 6 heteroatoms. The summed E-state index contributed by atoms with van der Waals surface area (Å²) in [5, 5.41) is 12.0. The fourth-order valence-corrected chi connectivity index (χ4v) is 1.30. The molecule has 0 fully saturated rings. The molecule has 0 aliphatic carbocycles. The lowest BCUT2D eigenvalue weighted by Crippen LogP contribution is -2.32. The third kappa shape index (κ3) is 4.73. The third-order valence-electron chi connectivity index (χ3n) is 2.45. The number of rotatable bonds is 6. The van der Waals surface area contributed by atoms with Crippen molar-refractivity contribution in [1.29, 1.82) is 0 Å². The number of carbonyl (C=O) groups is 1. The highest BCUT2D eigenvalue weighted by atomic mass is 16.5. The van der Waals surface area contributed by atoms with Crippen LogP contribution < -0.4 is 10.1 Å². The number of carboxylic acids is 1. The molecule has 0 bridgehead atoms. The Morgan fingerprint density at radius 1 is 1.47 bits per heavy atom. The zero-order valence-electron chi connectivity index (χ0n) is 12.0. The van der Waals surface area contributed by atoms with Gasteiger partial charge >= 0.3 is 5.97 Å². The van der Waals surface area contributed by atoms with Gasteiger partial charge in [-0.3, -0.25) is 4.79 Å². The lowest BCUT2D eigenvalue weighted by Gasteiger charge is -2.19. The van der Waals surface area contributed by atoms with Gasteiger partial charge in [-0.15, -0.1) is 0 Å². The van der Waals surface area contributed by atoms with E-state index in [2.05, 4.69) is 15.3 Å². The maximum atomic E-state index is 11.0. The molecule has 0 spiro atoms. The minimum absolute atomic E-state index is 0.0256. The van der Waals surface area contributed by atoms with Gasteiger partial charge in [0.05, 0.1) is 11.5 Å². The number of hydrogen-bond acceptors (Lipinski definition) is 5. The van der Waals surface area contributed by atoms with Crippen molar-refractivity contribution < 1.29 is 14.6 Å². The van der Waals surface area contributed by atoms with E-state index < -0.39 is 11.4 Å². The molecule has 1 rings (SSSR count). The van der Waals surface area contributed by atoms with Crippen LogP contribution in [0.25, 0.3) is 0 Å². The predicted octanol–water partition coefficient (Wildman–Crippen LogP) is 2.09. The normalized spacial score (nSPS) is 11.5. The Morgan fingerprint density at radius 3 is 2.63 bits per heavy atom. The van der Waals surface area contributed by atoms with Gasteiger partial charge in [-0.05, 0) is 34.6 Å². The van der Waals surface area contributed by atoms with Crippen molar-refractivity contribution >= 4 is 11.9 Å². The lowest BCUT2D eigenvalue weighted by molar-refractivity contribution is -0.146. The van der Waals surface area contributed by atoms with E-state index in [1.165, 1.54) is 0 Å². The first kappa shape index (κ1) is 15.2. The van der Waals surface area contributed by atoms with Gasteiger partial charge in [0, 0.05) is 18.3 Å². The van der Waals surface area contributed by atoms with Crippen LogP contribution in [0.2, 0.25) is 0 Å². The van der Waals surface area contributed by atoms with Crippen LogP contribution in [0.4, 0.5) is 5.95 Å². The van der Waals surface area contributed by atoms with Gasteiger partial charge in [0.2, 0.25) is 11.8 Å². The fourth-order valence-electron chi connectivity index (χ4n) is 1.30. The molecule has 0 unspecified atom stereocenters. The van der Waals surface area contributed by atoms with Crippen LogP contribution in [-0.2, 0) is 4.79 Å². The number of ether oxygens (including phenoxy) is 1. The minimum atomic E-state index is -0.883. The Bertz CT molecular complexity index is 458. The highest BCUT2D eigenvalue weighted by Crippen LogP contribution is 2.18.